The fraction of sp³-hybridized carbons (Fsp3) is 0.366. The van der Waals surface area contributed by atoms with Crippen molar-refractivity contribution in [3.63, 3.8) is 0 Å². The molecule has 61 heavy (non-hydrogen) atoms. The monoisotopic (exact) mass is 894 g/mol. The average Bonchev–Trinajstić information content (AvgIpc) is 3.54. The van der Waals surface area contributed by atoms with Crippen LogP contribution in [0.25, 0.3) is 11.4 Å². The number of anilines is 2. The molecule has 1 amide bonds. The van der Waals surface area contributed by atoms with Gasteiger partial charge in [-0.3, -0.25) is 18.5 Å². The predicted octanol–water partition coefficient (Wildman–Crippen LogP) is 5.54. The summed E-state index contributed by atoms with van der Waals surface area (Å²) in [5, 5.41) is 15.4. The first-order chi connectivity index (χ1) is 28.5. The highest BCUT2D eigenvalue weighted by Gasteiger charge is 2.45. The molecule has 2 aliphatic rings. The summed E-state index contributed by atoms with van der Waals surface area (Å²) in [6.07, 6.45) is 9.18. The van der Waals surface area contributed by atoms with Crippen molar-refractivity contribution >= 4 is 59.0 Å². The maximum atomic E-state index is 13.2. The Morgan fingerprint density at radius 1 is 0.787 bits per heavy atom. The Hall–Kier alpha value is -5.25. The van der Waals surface area contributed by atoms with Gasteiger partial charge in [0.05, 0.1) is 21.0 Å². The summed E-state index contributed by atoms with van der Waals surface area (Å²) < 4.78 is 103. The molecule has 2 aliphatic heterocycles. The first-order valence-electron chi connectivity index (χ1n) is 19.4. The van der Waals surface area contributed by atoms with Crippen LogP contribution in [0.15, 0.2) is 101 Å². The predicted molar refractivity (Wildman–Crippen MR) is 229 cm³/mol. The summed E-state index contributed by atoms with van der Waals surface area (Å²) in [4.78, 5) is 16.3. The highest BCUT2D eigenvalue weighted by atomic mass is 32.2. The van der Waals surface area contributed by atoms with Crippen LogP contribution < -0.4 is 9.80 Å². The van der Waals surface area contributed by atoms with Crippen LogP contribution in [0.3, 0.4) is 0 Å². The number of unbranched alkanes of at least 4 members (excludes halogenated alkanes) is 2. The molecular weight excluding hydrogens is 847 g/mol. The molecule has 0 fully saturated rings. The van der Waals surface area contributed by atoms with Crippen LogP contribution in [0.1, 0.15) is 70.9 Å². The van der Waals surface area contributed by atoms with Crippen molar-refractivity contribution in [3.05, 3.63) is 102 Å². The minimum Gasteiger partial charge on any atom is -0.344 e. The second-order valence-electron chi connectivity index (χ2n) is 16.0. The first-order valence-corrected chi connectivity index (χ1v) is 23.9. The van der Waals surface area contributed by atoms with E-state index in [0.717, 1.165) is 11.4 Å². The molecule has 20 heteroatoms. The minimum atomic E-state index is -4.52. The summed E-state index contributed by atoms with van der Waals surface area (Å²) in [5.41, 5.74) is 4.02. The molecule has 0 saturated heterocycles. The Kier molecular flexibility index (Phi) is 12.8. The first kappa shape index (κ1) is 45.3. The number of nitrogens with zero attached hydrogens (tertiary/aromatic N) is 7. The summed E-state index contributed by atoms with van der Waals surface area (Å²) in [6.45, 7) is 8.34. The highest BCUT2D eigenvalue weighted by molar-refractivity contribution is 7.86. The van der Waals surface area contributed by atoms with E-state index in [1.54, 1.807) is 48.3 Å². The maximum Gasteiger partial charge on any atom is 0.294 e. The van der Waals surface area contributed by atoms with Crippen LogP contribution in [0.2, 0.25) is 0 Å². The van der Waals surface area contributed by atoms with Gasteiger partial charge >= 0.3 is 0 Å². The number of aromatic nitrogens is 4. The standard InChI is InChI=1S/C41H47N7O10S3/c1-40(2)32-25-30(60(53,54)55)18-20-34(32)47(22-8-6-7-13-38(49)46(5)29-16-14-28(15-17-29)39-44-42-27-43-45-39)36(40)11-9-12-37-41(3,4)33-26-31(61(56,57)58)19-21-35(33)48(37)23-10-24-59(50,51)52/h9,11-12,14-21,25-27H,6-8,10,13,22-24H2,1-5H3,(H2-,50,51,52,53,54,55,56,57,58)/p+1. The zero-order chi connectivity index (χ0) is 44.5. The van der Waals surface area contributed by atoms with E-state index in [4.69, 9.17) is 0 Å². The molecule has 4 aromatic rings. The lowest BCUT2D eigenvalue weighted by atomic mass is 9.81. The van der Waals surface area contributed by atoms with Gasteiger partial charge < -0.3 is 9.80 Å². The number of fused-ring (bicyclic) bond motifs is 2. The molecule has 3 heterocycles. The van der Waals surface area contributed by atoms with Crippen molar-refractivity contribution in [3.8, 4) is 11.4 Å². The largest absolute Gasteiger partial charge is 0.344 e. The SMILES string of the molecule is CN(C(=O)CCCCCN1C(=CC=CC2=[N+](CCCS(=O)(=O)O)c3ccc(S(=O)(=O)O)cc3C2(C)C)C(C)(C)c2cc(S(=O)(=O)O)ccc21)c1ccc(-c2nncnn2)cc1. The van der Waals surface area contributed by atoms with Crippen LogP contribution in [0.4, 0.5) is 17.1 Å². The van der Waals surface area contributed by atoms with E-state index in [2.05, 4.69) is 25.3 Å². The summed E-state index contributed by atoms with van der Waals surface area (Å²) in [5.74, 6) is -0.171. The number of benzene rings is 3. The molecule has 1 aromatic heterocycles. The van der Waals surface area contributed by atoms with E-state index < -0.39 is 46.9 Å². The molecule has 0 spiro atoms. The number of amides is 1. The Balaban J connectivity index is 1.23. The smallest absolute Gasteiger partial charge is 0.294 e. The van der Waals surface area contributed by atoms with E-state index in [1.807, 2.05) is 50.5 Å². The lowest BCUT2D eigenvalue weighted by Gasteiger charge is -2.27. The highest BCUT2D eigenvalue weighted by Crippen LogP contribution is 2.49. The normalized spacial score (nSPS) is 16.7. The van der Waals surface area contributed by atoms with Gasteiger partial charge in [0.15, 0.2) is 12.0 Å². The lowest BCUT2D eigenvalue weighted by molar-refractivity contribution is -0.437. The Morgan fingerprint density at radius 3 is 2.03 bits per heavy atom. The van der Waals surface area contributed by atoms with Crippen LogP contribution in [0, 0.1) is 0 Å². The van der Waals surface area contributed by atoms with Crippen molar-refractivity contribution in [1.82, 2.24) is 20.4 Å². The third-order valence-electron chi connectivity index (χ3n) is 11.2. The average molecular weight is 895 g/mol. The van der Waals surface area contributed by atoms with Gasteiger partial charge in [-0.2, -0.15) is 29.8 Å². The van der Waals surface area contributed by atoms with Crippen LogP contribution in [0.5, 0.6) is 0 Å². The number of carbonyl (C=O) groups is 1. The van der Waals surface area contributed by atoms with Gasteiger partial charge in [0.2, 0.25) is 17.4 Å². The second-order valence-corrected chi connectivity index (χ2v) is 20.4. The van der Waals surface area contributed by atoms with Crippen LogP contribution >= 0.6 is 0 Å². The molecule has 0 radical (unpaired) electrons. The van der Waals surface area contributed by atoms with Crippen molar-refractivity contribution in [2.75, 3.05) is 35.7 Å². The van der Waals surface area contributed by atoms with Crippen molar-refractivity contribution in [2.24, 2.45) is 0 Å². The molecular formula is C41H48N7O10S3+. The van der Waals surface area contributed by atoms with Gasteiger partial charge in [0.1, 0.15) is 6.54 Å². The molecule has 6 rings (SSSR count). The third kappa shape index (κ3) is 9.95. The fourth-order valence-corrected chi connectivity index (χ4v) is 9.44. The zero-order valence-corrected chi connectivity index (χ0v) is 36.7. The lowest BCUT2D eigenvalue weighted by Crippen LogP contribution is -2.29. The molecule has 3 N–H and O–H groups in total. The van der Waals surface area contributed by atoms with Gasteiger partial charge in [-0.25, -0.2) is 0 Å². The van der Waals surface area contributed by atoms with Crippen molar-refractivity contribution in [1.29, 1.82) is 0 Å². The second kappa shape index (κ2) is 17.3. The molecule has 0 bridgehead atoms. The molecule has 0 aliphatic carbocycles. The number of hydrogen-bond acceptors (Lipinski definition) is 12. The summed E-state index contributed by atoms with van der Waals surface area (Å²) >= 11 is 0. The van der Waals surface area contributed by atoms with E-state index >= 15 is 0 Å². The molecule has 0 unspecified atom stereocenters. The third-order valence-corrected chi connectivity index (χ3v) is 13.7. The summed E-state index contributed by atoms with van der Waals surface area (Å²) in [6, 6.07) is 15.9. The number of carbonyl (C=O) groups excluding carboxylic acids is 1. The van der Waals surface area contributed by atoms with E-state index in [0.29, 0.717) is 71.8 Å². The molecule has 3 aromatic carbocycles. The van der Waals surface area contributed by atoms with E-state index in [9.17, 15) is 43.7 Å². The minimum absolute atomic E-state index is 0.0566. The number of hydrogen-bond donors (Lipinski definition) is 3. The number of rotatable bonds is 16. The maximum absolute atomic E-state index is 13.2. The number of allylic oxidation sites excluding steroid dienone is 4. The Labute approximate surface area is 355 Å². The molecule has 0 saturated carbocycles. The van der Waals surface area contributed by atoms with Crippen LogP contribution in [-0.4, -0.2) is 101 Å². The van der Waals surface area contributed by atoms with Crippen LogP contribution in [-0.2, 0) is 46.0 Å². The Bertz CT molecular complexity index is 2770. The molecule has 0 atom stereocenters. The van der Waals surface area contributed by atoms with Gasteiger partial charge in [0, 0.05) is 72.2 Å². The quantitative estimate of drug-likeness (QED) is 0.0710. The summed E-state index contributed by atoms with van der Waals surface area (Å²) in [7, 11) is -11.6. The van der Waals surface area contributed by atoms with Gasteiger partial charge in [-0.15, -0.1) is 20.4 Å². The zero-order valence-electron chi connectivity index (χ0n) is 34.3. The van der Waals surface area contributed by atoms with Gasteiger partial charge in [0.25, 0.3) is 30.4 Å². The van der Waals surface area contributed by atoms with Crippen molar-refractivity contribution in [2.45, 2.75) is 80.4 Å². The topological polar surface area (TPSA) is 241 Å². The van der Waals surface area contributed by atoms with Gasteiger partial charge in [-0.1, -0.05) is 26.3 Å². The van der Waals surface area contributed by atoms with Gasteiger partial charge in [-0.05, 0) is 92.9 Å². The van der Waals surface area contributed by atoms with Crippen molar-refractivity contribution < 1.29 is 48.3 Å². The molecule has 17 nitrogen and oxygen atoms in total. The fourth-order valence-electron chi connectivity index (χ4n) is 7.94. The van der Waals surface area contributed by atoms with E-state index in [1.165, 1.54) is 30.6 Å². The Morgan fingerprint density at radius 2 is 1.41 bits per heavy atom. The van der Waals surface area contributed by atoms with E-state index in [-0.39, 0.29) is 28.7 Å². The molecule has 324 valence electrons.